The minimum Gasteiger partial charge on any atom is -0.332 e. The number of hydrogen-bond donors (Lipinski definition) is 0. The van der Waals surface area contributed by atoms with Crippen LogP contribution in [-0.2, 0) is 5.41 Å². The maximum Gasteiger partial charge on any atom is 0.254 e. The van der Waals surface area contributed by atoms with Gasteiger partial charge in [0.15, 0.2) is 0 Å². The Morgan fingerprint density at radius 1 is 0.900 bits per heavy atom. The SMILES string of the molecule is CC(C)(C)c1ccc(-c2ccc(C(=O)N3CCC[C@@H]3c3ccccc3Cl)cc2)cc1. The van der Waals surface area contributed by atoms with Crippen molar-refractivity contribution in [2.45, 2.75) is 45.1 Å². The first-order valence-electron chi connectivity index (χ1n) is 10.6. The maximum absolute atomic E-state index is 13.2. The molecule has 0 N–H and O–H groups in total. The van der Waals surface area contributed by atoms with E-state index in [1.54, 1.807) is 0 Å². The largest absolute Gasteiger partial charge is 0.332 e. The lowest BCUT2D eigenvalue weighted by Crippen LogP contribution is -2.30. The zero-order valence-corrected chi connectivity index (χ0v) is 18.6. The van der Waals surface area contributed by atoms with E-state index < -0.39 is 0 Å². The van der Waals surface area contributed by atoms with Crippen molar-refractivity contribution in [2.75, 3.05) is 6.54 Å². The Morgan fingerprint density at radius 3 is 2.10 bits per heavy atom. The first-order chi connectivity index (χ1) is 14.3. The van der Waals surface area contributed by atoms with Crippen LogP contribution >= 0.6 is 11.6 Å². The van der Waals surface area contributed by atoms with Crippen molar-refractivity contribution in [3.63, 3.8) is 0 Å². The van der Waals surface area contributed by atoms with Crippen molar-refractivity contribution in [3.8, 4) is 11.1 Å². The molecule has 1 fully saturated rings. The van der Waals surface area contributed by atoms with Gasteiger partial charge in [0.1, 0.15) is 0 Å². The molecule has 0 aliphatic carbocycles. The predicted molar refractivity (Wildman–Crippen MR) is 125 cm³/mol. The summed E-state index contributed by atoms with van der Waals surface area (Å²) in [5.74, 6) is 0.0760. The minimum atomic E-state index is 0.0517. The molecule has 0 bridgehead atoms. The molecule has 3 heteroatoms. The second-order valence-corrected chi connectivity index (χ2v) is 9.49. The molecule has 1 aliphatic heterocycles. The molecule has 4 rings (SSSR count). The van der Waals surface area contributed by atoms with E-state index in [2.05, 4.69) is 45.0 Å². The first kappa shape index (κ1) is 20.7. The van der Waals surface area contributed by atoms with Crippen LogP contribution in [-0.4, -0.2) is 17.4 Å². The van der Waals surface area contributed by atoms with Gasteiger partial charge in [0.25, 0.3) is 5.91 Å². The van der Waals surface area contributed by atoms with Crippen LogP contribution in [0.15, 0.2) is 72.8 Å². The highest BCUT2D eigenvalue weighted by atomic mass is 35.5. The first-order valence-corrected chi connectivity index (χ1v) is 11.0. The molecular formula is C27H28ClNO. The molecule has 1 aliphatic rings. The van der Waals surface area contributed by atoms with Gasteiger partial charge in [-0.25, -0.2) is 0 Å². The Kier molecular flexibility index (Phi) is 5.71. The van der Waals surface area contributed by atoms with Gasteiger partial charge in [-0.05, 0) is 58.7 Å². The quantitative estimate of drug-likeness (QED) is 0.438. The van der Waals surface area contributed by atoms with Crippen molar-refractivity contribution >= 4 is 17.5 Å². The molecule has 0 unspecified atom stereocenters. The van der Waals surface area contributed by atoms with E-state index in [9.17, 15) is 4.79 Å². The normalized spacial score (nSPS) is 16.7. The number of carbonyl (C=O) groups excluding carboxylic acids is 1. The molecule has 3 aromatic rings. The smallest absolute Gasteiger partial charge is 0.254 e. The van der Waals surface area contributed by atoms with Crippen molar-refractivity contribution < 1.29 is 4.79 Å². The third-order valence-electron chi connectivity index (χ3n) is 5.99. The van der Waals surface area contributed by atoms with Gasteiger partial charge in [-0.15, -0.1) is 0 Å². The van der Waals surface area contributed by atoms with Gasteiger partial charge in [0, 0.05) is 17.1 Å². The summed E-state index contributed by atoms with van der Waals surface area (Å²) in [5.41, 5.74) is 5.51. The Hall–Kier alpha value is -2.58. The van der Waals surface area contributed by atoms with Crippen LogP contribution < -0.4 is 0 Å². The molecule has 0 saturated carbocycles. The Bertz CT molecular complexity index is 1030. The van der Waals surface area contributed by atoms with Crippen LogP contribution in [0, 0.1) is 0 Å². The van der Waals surface area contributed by atoms with Crippen LogP contribution in [0.25, 0.3) is 11.1 Å². The van der Waals surface area contributed by atoms with Crippen LogP contribution in [0.3, 0.4) is 0 Å². The lowest BCUT2D eigenvalue weighted by molar-refractivity contribution is 0.0736. The summed E-state index contributed by atoms with van der Waals surface area (Å²) in [5, 5.41) is 0.733. The molecule has 154 valence electrons. The van der Waals surface area contributed by atoms with Gasteiger partial charge >= 0.3 is 0 Å². The molecule has 1 amide bonds. The highest BCUT2D eigenvalue weighted by molar-refractivity contribution is 6.31. The van der Waals surface area contributed by atoms with Crippen LogP contribution in [0.4, 0.5) is 0 Å². The average molecular weight is 418 g/mol. The lowest BCUT2D eigenvalue weighted by Gasteiger charge is -2.26. The summed E-state index contributed by atoms with van der Waals surface area (Å²) in [4.78, 5) is 15.2. The number of halogens is 1. The monoisotopic (exact) mass is 417 g/mol. The molecule has 0 radical (unpaired) electrons. The molecule has 2 nitrogen and oxygen atoms in total. The van der Waals surface area contributed by atoms with E-state index in [0.29, 0.717) is 0 Å². The minimum absolute atomic E-state index is 0.0517. The van der Waals surface area contributed by atoms with Crippen LogP contribution in [0.2, 0.25) is 5.02 Å². The summed E-state index contributed by atoms with van der Waals surface area (Å²) in [7, 11) is 0. The van der Waals surface area contributed by atoms with Gasteiger partial charge in [-0.2, -0.15) is 0 Å². The summed E-state index contributed by atoms with van der Waals surface area (Å²) in [6.07, 6.45) is 1.95. The van der Waals surface area contributed by atoms with Gasteiger partial charge in [0.05, 0.1) is 6.04 Å². The van der Waals surface area contributed by atoms with Gasteiger partial charge in [0.2, 0.25) is 0 Å². The molecule has 1 heterocycles. The second kappa shape index (κ2) is 8.28. The Labute approximate surface area is 184 Å². The number of amides is 1. The van der Waals surface area contributed by atoms with Gasteiger partial charge in [-0.3, -0.25) is 4.79 Å². The Balaban J connectivity index is 1.54. The van der Waals surface area contributed by atoms with E-state index in [1.807, 2.05) is 53.4 Å². The summed E-state index contributed by atoms with van der Waals surface area (Å²) in [6, 6.07) is 24.6. The fourth-order valence-corrected chi connectivity index (χ4v) is 4.47. The number of nitrogens with zero attached hydrogens (tertiary/aromatic N) is 1. The zero-order valence-electron chi connectivity index (χ0n) is 17.9. The highest BCUT2D eigenvalue weighted by Crippen LogP contribution is 2.36. The summed E-state index contributed by atoms with van der Waals surface area (Å²) < 4.78 is 0. The molecule has 0 spiro atoms. The van der Waals surface area contributed by atoms with Crippen LogP contribution in [0.5, 0.6) is 0 Å². The third-order valence-corrected chi connectivity index (χ3v) is 6.34. The topological polar surface area (TPSA) is 20.3 Å². The second-order valence-electron chi connectivity index (χ2n) is 9.08. The molecular weight excluding hydrogens is 390 g/mol. The molecule has 1 saturated heterocycles. The van der Waals surface area contributed by atoms with Crippen LogP contribution in [0.1, 0.15) is 61.1 Å². The molecule has 30 heavy (non-hydrogen) atoms. The van der Waals surface area contributed by atoms with E-state index in [-0.39, 0.29) is 17.4 Å². The predicted octanol–water partition coefficient (Wildman–Crippen LogP) is 7.28. The van der Waals surface area contributed by atoms with Crippen molar-refractivity contribution in [1.29, 1.82) is 0 Å². The number of likely N-dealkylation sites (tertiary alicyclic amines) is 1. The highest BCUT2D eigenvalue weighted by Gasteiger charge is 2.31. The molecule has 3 aromatic carbocycles. The number of hydrogen-bond acceptors (Lipinski definition) is 1. The average Bonchev–Trinajstić information content (AvgIpc) is 3.23. The van der Waals surface area contributed by atoms with E-state index in [1.165, 1.54) is 5.56 Å². The van der Waals surface area contributed by atoms with Crippen molar-refractivity contribution in [2.24, 2.45) is 0 Å². The molecule has 0 aromatic heterocycles. The van der Waals surface area contributed by atoms with E-state index in [0.717, 1.165) is 46.7 Å². The number of carbonyl (C=O) groups is 1. The zero-order chi connectivity index (χ0) is 21.3. The summed E-state index contributed by atoms with van der Waals surface area (Å²) in [6.45, 7) is 7.43. The van der Waals surface area contributed by atoms with Gasteiger partial charge < -0.3 is 4.90 Å². The van der Waals surface area contributed by atoms with E-state index in [4.69, 9.17) is 11.6 Å². The van der Waals surface area contributed by atoms with Crippen molar-refractivity contribution in [3.05, 3.63) is 94.5 Å². The molecule has 1 atom stereocenters. The van der Waals surface area contributed by atoms with E-state index >= 15 is 0 Å². The maximum atomic E-state index is 13.2. The van der Waals surface area contributed by atoms with Gasteiger partial charge in [-0.1, -0.05) is 87.0 Å². The third kappa shape index (κ3) is 4.15. The number of benzene rings is 3. The lowest BCUT2D eigenvalue weighted by atomic mass is 9.86. The fraction of sp³-hybridized carbons (Fsp3) is 0.296. The fourth-order valence-electron chi connectivity index (χ4n) is 4.21. The standard InChI is InChI=1S/C27H28ClNO/c1-27(2,3)22-16-14-20(15-17-22)19-10-12-21(13-11-19)26(30)29-18-6-9-25(29)23-7-4-5-8-24(23)28/h4-5,7-8,10-17,25H,6,9,18H2,1-3H3/t25-/m1/s1. The number of rotatable bonds is 3. The summed E-state index contributed by atoms with van der Waals surface area (Å²) >= 11 is 6.41. The van der Waals surface area contributed by atoms with Crippen molar-refractivity contribution in [1.82, 2.24) is 4.90 Å². The Morgan fingerprint density at radius 2 is 1.50 bits per heavy atom.